The highest BCUT2D eigenvalue weighted by Crippen LogP contribution is 2.39. The van der Waals surface area contributed by atoms with Gasteiger partial charge in [-0.3, -0.25) is 29.5 Å². The van der Waals surface area contributed by atoms with Crippen LogP contribution in [0.4, 0.5) is 5.69 Å². The summed E-state index contributed by atoms with van der Waals surface area (Å²) in [6.07, 6.45) is 6.55. The molecule has 3 aromatic rings. The molecule has 2 aliphatic rings. The Bertz CT molecular complexity index is 1630. The maximum absolute atomic E-state index is 13.5. The second-order valence-electron chi connectivity index (χ2n) is 12.3. The second kappa shape index (κ2) is 16.5. The van der Waals surface area contributed by atoms with Gasteiger partial charge in [-0.1, -0.05) is 42.1 Å². The number of benzene rings is 2. The lowest BCUT2D eigenvalue weighted by Gasteiger charge is -2.28. The second-order valence-corrected chi connectivity index (χ2v) is 13.3. The minimum atomic E-state index is -1.09. The average Bonchev–Trinajstić information content (AvgIpc) is 3.85. The van der Waals surface area contributed by atoms with Crippen molar-refractivity contribution in [1.82, 2.24) is 25.4 Å². The lowest BCUT2D eigenvalue weighted by molar-refractivity contribution is -0.387. The Balaban J connectivity index is 1.26. The van der Waals surface area contributed by atoms with Crippen molar-refractivity contribution in [3.05, 3.63) is 64.2 Å². The number of unbranched alkanes of at least 4 members (excludes halogenated alkanes) is 1. The van der Waals surface area contributed by atoms with Crippen LogP contribution in [0.1, 0.15) is 57.4 Å². The minimum Gasteiger partial charge on any atom is -0.368 e. The first-order valence-electron chi connectivity index (χ1n) is 16.6. The maximum atomic E-state index is 13.5. The summed E-state index contributed by atoms with van der Waals surface area (Å²) < 4.78 is 0. The van der Waals surface area contributed by atoms with Crippen LogP contribution in [-0.2, 0) is 20.8 Å². The predicted octanol–water partition coefficient (Wildman–Crippen LogP) is 3.96. The molecule has 2 atom stereocenters. The molecule has 1 aromatic heterocycles. The first-order chi connectivity index (χ1) is 23.2. The number of para-hydroxylation sites is 2. The topological polar surface area (TPSA) is 179 Å². The lowest BCUT2D eigenvalue weighted by atomic mass is 10.0. The molecule has 256 valence electrons. The molecule has 5 N–H and O–H groups in total. The van der Waals surface area contributed by atoms with E-state index in [2.05, 4.69) is 25.4 Å². The normalized spacial score (nSPS) is 15.7. The molecule has 5 rings (SSSR count). The summed E-state index contributed by atoms with van der Waals surface area (Å²) in [7, 11) is 0. The SMILES string of the molecule is CC(=O)N[C@@H](CCCCN=C(N1CCCC1)N1CCCC1)C(=O)N[C@@H](Cc1c(Sc2ccccc2[N+](=O)[O-])[nH]c2ccccc12)C(N)=O. The van der Waals surface area contributed by atoms with Gasteiger partial charge in [0.2, 0.25) is 17.7 Å². The molecule has 2 fully saturated rings. The summed E-state index contributed by atoms with van der Waals surface area (Å²) in [6.45, 7) is 6.12. The Morgan fingerprint density at radius 2 is 1.60 bits per heavy atom. The van der Waals surface area contributed by atoms with Crippen molar-refractivity contribution in [3.8, 4) is 0 Å². The summed E-state index contributed by atoms with van der Waals surface area (Å²) in [5.41, 5.74) is 7.24. The molecule has 0 spiro atoms. The number of hydrogen-bond donors (Lipinski definition) is 4. The first kappa shape index (κ1) is 34.7. The third kappa shape index (κ3) is 8.85. The number of nitro benzene ring substituents is 1. The zero-order valence-corrected chi connectivity index (χ0v) is 28.1. The molecule has 13 nitrogen and oxygen atoms in total. The van der Waals surface area contributed by atoms with E-state index in [9.17, 15) is 24.5 Å². The zero-order valence-electron chi connectivity index (χ0n) is 27.3. The van der Waals surface area contributed by atoms with Gasteiger partial charge in [0.25, 0.3) is 5.69 Å². The van der Waals surface area contributed by atoms with Crippen molar-refractivity contribution in [2.75, 3.05) is 32.7 Å². The number of nitro groups is 1. The van der Waals surface area contributed by atoms with Crippen molar-refractivity contribution < 1.29 is 19.3 Å². The van der Waals surface area contributed by atoms with Gasteiger partial charge < -0.3 is 31.2 Å². The Morgan fingerprint density at radius 3 is 2.25 bits per heavy atom. The Kier molecular flexibility index (Phi) is 11.9. The van der Waals surface area contributed by atoms with Crippen LogP contribution in [0.5, 0.6) is 0 Å². The summed E-state index contributed by atoms with van der Waals surface area (Å²) in [5.74, 6) is -0.501. The van der Waals surface area contributed by atoms with E-state index >= 15 is 0 Å². The number of nitrogens with two attached hydrogens (primary N) is 1. The number of rotatable bonds is 14. The number of hydrogen-bond acceptors (Lipinski definition) is 7. The number of nitrogens with one attached hydrogen (secondary N) is 3. The van der Waals surface area contributed by atoms with Gasteiger partial charge in [-0.25, -0.2) is 0 Å². The molecule has 0 bridgehead atoms. The summed E-state index contributed by atoms with van der Waals surface area (Å²) in [6, 6.07) is 11.9. The third-order valence-corrected chi connectivity index (χ3v) is 9.86. The Labute approximate surface area is 284 Å². The number of carbonyl (C=O) groups is 3. The van der Waals surface area contributed by atoms with E-state index in [-0.39, 0.29) is 18.0 Å². The van der Waals surface area contributed by atoms with Crippen molar-refractivity contribution >= 4 is 52.0 Å². The molecular weight excluding hydrogens is 632 g/mol. The number of fused-ring (bicyclic) bond motifs is 1. The number of H-pyrrole nitrogens is 1. The van der Waals surface area contributed by atoms with Crippen molar-refractivity contribution in [2.45, 2.75) is 80.3 Å². The molecule has 2 saturated heterocycles. The number of guanidine groups is 1. The lowest BCUT2D eigenvalue weighted by Crippen LogP contribution is -2.53. The van der Waals surface area contributed by atoms with Gasteiger partial charge in [0, 0.05) is 63.0 Å². The Morgan fingerprint density at radius 1 is 0.958 bits per heavy atom. The number of carbonyl (C=O) groups excluding carboxylic acids is 3. The molecule has 0 saturated carbocycles. The van der Waals surface area contributed by atoms with Crippen molar-refractivity contribution in [3.63, 3.8) is 0 Å². The van der Waals surface area contributed by atoms with E-state index in [1.807, 2.05) is 24.3 Å². The fourth-order valence-corrected chi connectivity index (χ4v) is 7.45. The third-order valence-electron chi connectivity index (χ3n) is 8.74. The van der Waals surface area contributed by atoms with Crippen molar-refractivity contribution in [1.29, 1.82) is 0 Å². The Hall–Kier alpha value is -4.59. The number of primary amides is 1. The molecule has 0 radical (unpaired) electrons. The predicted molar refractivity (Wildman–Crippen MR) is 186 cm³/mol. The van der Waals surface area contributed by atoms with Crippen LogP contribution in [0.3, 0.4) is 0 Å². The smallest absolute Gasteiger partial charge is 0.283 e. The number of amides is 3. The van der Waals surface area contributed by atoms with E-state index in [4.69, 9.17) is 10.7 Å². The van der Waals surface area contributed by atoms with Crippen LogP contribution >= 0.6 is 11.8 Å². The molecule has 2 aromatic carbocycles. The first-order valence-corrected chi connectivity index (χ1v) is 17.4. The van der Waals surface area contributed by atoms with E-state index < -0.39 is 28.8 Å². The monoisotopic (exact) mass is 676 g/mol. The van der Waals surface area contributed by atoms with Crippen LogP contribution in [0.25, 0.3) is 10.9 Å². The fraction of sp³-hybridized carbons (Fsp3) is 0.471. The highest BCUT2D eigenvalue weighted by Gasteiger charge is 2.28. The summed E-state index contributed by atoms with van der Waals surface area (Å²) in [5, 5.41) is 18.6. The van der Waals surface area contributed by atoms with E-state index in [0.717, 1.165) is 49.5 Å². The largest absolute Gasteiger partial charge is 0.368 e. The number of nitrogens with zero attached hydrogens (tertiary/aromatic N) is 4. The van der Waals surface area contributed by atoms with E-state index in [1.54, 1.807) is 18.2 Å². The van der Waals surface area contributed by atoms with E-state index in [0.29, 0.717) is 34.9 Å². The fourth-order valence-electron chi connectivity index (χ4n) is 6.36. The quantitative estimate of drug-likeness (QED) is 0.0651. The standard InChI is InChI=1S/C34H44N8O5S/c1-23(43)37-27(14-6-7-17-36-34(40-18-8-9-19-40)41-20-10-11-21-41)32(45)38-28(31(35)44)22-25-24-12-2-3-13-26(24)39-33(25)48-30-16-5-4-15-29(30)42(46)47/h2-5,12-13,15-16,27-28,39H,6-11,14,17-22H2,1H3,(H2,35,44)(H,37,43)(H,38,45)/t27-,28-/m0/s1. The molecule has 48 heavy (non-hydrogen) atoms. The van der Waals surface area contributed by atoms with Gasteiger partial charge in [-0.15, -0.1) is 0 Å². The van der Waals surface area contributed by atoms with Crippen LogP contribution in [0.15, 0.2) is 63.4 Å². The van der Waals surface area contributed by atoms with Gasteiger partial charge in [-0.05, 0) is 62.6 Å². The molecule has 14 heteroatoms. The summed E-state index contributed by atoms with van der Waals surface area (Å²) in [4.78, 5) is 63.0. The van der Waals surface area contributed by atoms with Crippen LogP contribution in [0, 0.1) is 10.1 Å². The number of aliphatic imine (C=N–C) groups is 1. The van der Waals surface area contributed by atoms with Gasteiger partial charge in [0.05, 0.1) is 14.8 Å². The number of aromatic nitrogens is 1. The zero-order chi connectivity index (χ0) is 34.0. The molecular formula is C34H44N8O5S. The molecule has 2 aliphatic heterocycles. The number of aromatic amines is 1. The highest BCUT2D eigenvalue weighted by molar-refractivity contribution is 7.99. The molecule has 0 unspecified atom stereocenters. The average molecular weight is 677 g/mol. The van der Waals surface area contributed by atoms with E-state index in [1.165, 1.54) is 50.4 Å². The maximum Gasteiger partial charge on any atom is 0.283 e. The molecule has 3 heterocycles. The van der Waals surface area contributed by atoms with Gasteiger partial charge >= 0.3 is 0 Å². The molecule has 0 aliphatic carbocycles. The van der Waals surface area contributed by atoms with Crippen LogP contribution < -0.4 is 16.4 Å². The van der Waals surface area contributed by atoms with Crippen molar-refractivity contribution in [2.24, 2.45) is 10.7 Å². The van der Waals surface area contributed by atoms with Gasteiger partial charge in [0.1, 0.15) is 12.1 Å². The van der Waals surface area contributed by atoms with Crippen LogP contribution in [0.2, 0.25) is 0 Å². The summed E-state index contributed by atoms with van der Waals surface area (Å²) >= 11 is 1.18. The molecule has 3 amide bonds. The number of likely N-dealkylation sites (tertiary alicyclic amines) is 2. The van der Waals surface area contributed by atoms with Gasteiger partial charge in [-0.2, -0.15) is 0 Å². The minimum absolute atomic E-state index is 0.0426. The highest BCUT2D eigenvalue weighted by atomic mass is 32.2. The van der Waals surface area contributed by atoms with Crippen LogP contribution in [-0.4, -0.2) is 88.2 Å². The van der Waals surface area contributed by atoms with Gasteiger partial charge in [0.15, 0.2) is 5.96 Å².